The number of nitrogens with zero attached hydrogens (tertiary/aromatic N) is 1. The fourth-order valence-electron chi connectivity index (χ4n) is 2.62. The molecule has 22 heavy (non-hydrogen) atoms. The van der Waals surface area contributed by atoms with Crippen LogP contribution in [0.25, 0.3) is 0 Å². The number of benzene rings is 1. The first kappa shape index (κ1) is 16.6. The maximum Gasteiger partial charge on any atom is 0.314 e. The summed E-state index contributed by atoms with van der Waals surface area (Å²) in [5, 5.41) is 5.71. The van der Waals surface area contributed by atoms with E-state index in [1.54, 1.807) is 0 Å². The normalized spacial score (nSPS) is 15.3. The summed E-state index contributed by atoms with van der Waals surface area (Å²) in [4.78, 5) is 14.1. The molecule has 0 radical (unpaired) electrons. The second-order valence-corrected chi connectivity index (χ2v) is 5.70. The summed E-state index contributed by atoms with van der Waals surface area (Å²) in [5.74, 6) is 0.870. The van der Waals surface area contributed by atoms with E-state index in [-0.39, 0.29) is 6.03 Å². The van der Waals surface area contributed by atoms with Crippen molar-refractivity contribution in [3.8, 4) is 5.75 Å². The molecule has 0 aliphatic carbocycles. The minimum Gasteiger partial charge on any atom is -0.491 e. The molecule has 1 heterocycles. The number of amides is 2. The fourth-order valence-corrected chi connectivity index (χ4v) is 2.62. The van der Waals surface area contributed by atoms with Gasteiger partial charge in [0, 0.05) is 13.1 Å². The number of likely N-dealkylation sites (tertiary alicyclic amines) is 1. The molecule has 0 bridgehead atoms. The lowest BCUT2D eigenvalue weighted by Gasteiger charge is -2.26. The predicted octanol–water partition coefficient (Wildman–Crippen LogP) is 2.16. The van der Waals surface area contributed by atoms with Gasteiger partial charge in [-0.3, -0.25) is 0 Å². The second kappa shape index (κ2) is 9.30. The molecule has 1 aliphatic heterocycles. The molecule has 0 unspecified atom stereocenters. The van der Waals surface area contributed by atoms with Crippen molar-refractivity contribution < 1.29 is 9.53 Å². The van der Waals surface area contributed by atoms with Crippen LogP contribution in [0.2, 0.25) is 0 Å². The molecule has 1 aliphatic rings. The highest BCUT2D eigenvalue weighted by atomic mass is 16.5. The molecular weight excluding hydrogens is 278 g/mol. The van der Waals surface area contributed by atoms with Crippen molar-refractivity contribution in [3.63, 3.8) is 0 Å². The SMILES string of the molecule is Cc1ccccc1OCCNC(=O)NCCN1CCCCC1. The Bertz CT molecular complexity index is 459. The zero-order valence-electron chi connectivity index (χ0n) is 13.4. The topological polar surface area (TPSA) is 53.6 Å². The van der Waals surface area contributed by atoms with E-state index in [2.05, 4.69) is 15.5 Å². The van der Waals surface area contributed by atoms with Crippen molar-refractivity contribution in [2.45, 2.75) is 26.2 Å². The molecule has 2 amide bonds. The van der Waals surface area contributed by atoms with E-state index >= 15 is 0 Å². The zero-order valence-corrected chi connectivity index (χ0v) is 13.4. The molecule has 0 aromatic heterocycles. The van der Waals surface area contributed by atoms with Crippen molar-refractivity contribution in [1.82, 2.24) is 15.5 Å². The van der Waals surface area contributed by atoms with E-state index in [4.69, 9.17) is 4.74 Å². The van der Waals surface area contributed by atoms with Crippen molar-refractivity contribution in [3.05, 3.63) is 29.8 Å². The summed E-state index contributed by atoms with van der Waals surface area (Å²) in [7, 11) is 0. The van der Waals surface area contributed by atoms with Gasteiger partial charge in [-0.25, -0.2) is 4.79 Å². The van der Waals surface area contributed by atoms with Gasteiger partial charge in [-0.1, -0.05) is 24.6 Å². The third kappa shape index (κ3) is 5.93. The Hall–Kier alpha value is -1.75. The van der Waals surface area contributed by atoms with Gasteiger partial charge in [-0.2, -0.15) is 0 Å². The molecular formula is C17H27N3O2. The number of nitrogens with one attached hydrogen (secondary N) is 2. The predicted molar refractivity (Wildman–Crippen MR) is 88.4 cm³/mol. The van der Waals surface area contributed by atoms with Gasteiger partial charge < -0.3 is 20.3 Å². The summed E-state index contributed by atoms with van der Waals surface area (Å²) in [5.41, 5.74) is 1.11. The summed E-state index contributed by atoms with van der Waals surface area (Å²) in [6.45, 7) is 6.95. The zero-order chi connectivity index (χ0) is 15.6. The molecule has 0 saturated carbocycles. The summed E-state index contributed by atoms with van der Waals surface area (Å²) in [6.07, 6.45) is 3.90. The third-order valence-corrected chi connectivity index (χ3v) is 3.90. The Morgan fingerprint density at radius 2 is 1.86 bits per heavy atom. The molecule has 2 rings (SSSR count). The van der Waals surface area contributed by atoms with Crippen LogP contribution in [0.4, 0.5) is 4.79 Å². The summed E-state index contributed by atoms with van der Waals surface area (Å²) < 4.78 is 5.64. The fraction of sp³-hybridized carbons (Fsp3) is 0.588. The number of rotatable bonds is 7. The van der Waals surface area contributed by atoms with Gasteiger partial charge in [-0.05, 0) is 44.5 Å². The number of hydrogen-bond acceptors (Lipinski definition) is 3. The molecule has 122 valence electrons. The first-order valence-corrected chi connectivity index (χ1v) is 8.18. The highest BCUT2D eigenvalue weighted by molar-refractivity contribution is 5.73. The molecule has 1 fully saturated rings. The largest absolute Gasteiger partial charge is 0.491 e. The first-order valence-electron chi connectivity index (χ1n) is 8.18. The standard InChI is InChI=1S/C17H27N3O2/c1-15-7-3-4-8-16(15)22-14-10-19-17(21)18-9-13-20-11-5-2-6-12-20/h3-4,7-8H,2,5-6,9-14H2,1H3,(H2,18,19,21). The lowest BCUT2D eigenvalue weighted by molar-refractivity contribution is 0.219. The number of aryl methyl sites for hydroxylation is 1. The molecule has 1 aromatic carbocycles. The molecule has 1 saturated heterocycles. The number of urea groups is 1. The Labute approximate surface area is 133 Å². The molecule has 2 N–H and O–H groups in total. The van der Waals surface area contributed by atoms with E-state index in [1.165, 1.54) is 19.3 Å². The van der Waals surface area contributed by atoms with E-state index in [9.17, 15) is 4.79 Å². The minimum absolute atomic E-state index is 0.120. The molecule has 1 aromatic rings. The monoisotopic (exact) mass is 305 g/mol. The summed E-state index contributed by atoms with van der Waals surface area (Å²) >= 11 is 0. The van der Waals surface area contributed by atoms with Crippen LogP contribution in [-0.4, -0.2) is 50.3 Å². The number of piperidine rings is 1. The number of para-hydroxylation sites is 1. The van der Waals surface area contributed by atoms with Gasteiger partial charge in [-0.15, -0.1) is 0 Å². The van der Waals surface area contributed by atoms with Gasteiger partial charge in [0.05, 0.1) is 6.54 Å². The molecule has 0 spiro atoms. The smallest absolute Gasteiger partial charge is 0.314 e. The summed E-state index contributed by atoms with van der Waals surface area (Å²) in [6, 6.07) is 7.76. The van der Waals surface area contributed by atoms with E-state index < -0.39 is 0 Å². The van der Waals surface area contributed by atoms with E-state index in [1.807, 2.05) is 31.2 Å². The Morgan fingerprint density at radius 1 is 1.14 bits per heavy atom. The highest BCUT2D eigenvalue weighted by Gasteiger charge is 2.09. The Balaban J connectivity index is 1.51. The van der Waals surface area contributed by atoms with Crippen molar-refractivity contribution in [2.24, 2.45) is 0 Å². The van der Waals surface area contributed by atoms with Crippen LogP contribution in [0.5, 0.6) is 5.75 Å². The number of hydrogen-bond donors (Lipinski definition) is 2. The quantitative estimate of drug-likeness (QED) is 0.759. The van der Waals surface area contributed by atoms with Crippen LogP contribution in [0.1, 0.15) is 24.8 Å². The molecule has 5 heteroatoms. The van der Waals surface area contributed by atoms with Crippen molar-refractivity contribution in [1.29, 1.82) is 0 Å². The van der Waals surface area contributed by atoms with Crippen LogP contribution in [0.3, 0.4) is 0 Å². The van der Waals surface area contributed by atoms with E-state index in [0.29, 0.717) is 19.7 Å². The van der Waals surface area contributed by atoms with Crippen molar-refractivity contribution >= 4 is 6.03 Å². The van der Waals surface area contributed by atoms with Crippen molar-refractivity contribution in [2.75, 3.05) is 39.3 Å². The number of carbonyl (C=O) groups is 1. The second-order valence-electron chi connectivity index (χ2n) is 5.70. The Morgan fingerprint density at radius 3 is 2.64 bits per heavy atom. The van der Waals surface area contributed by atoms with Crippen LogP contribution < -0.4 is 15.4 Å². The van der Waals surface area contributed by atoms with Crippen LogP contribution in [0, 0.1) is 6.92 Å². The van der Waals surface area contributed by atoms with Gasteiger partial charge in [0.2, 0.25) is 0 Å². The van der Waals surface area contributed by atoms with Crippen LogP contribution in [0.15, 0.2) is 24.3 Å². The first-order chi connectivity index (χ1) is 10.8. The average molecular weight is 305 g/mol. The van der Waals surface area contributed by atoms with Gasteiger partial charge in [0.15, 0.2) is 0 Å². The third-order valence-electron chi connectivity index (χ3n) is 3.90. The molecule has 5 nitrogen and oxygen atoms in total. The lowest BCUT2D eigenvalue weighted by Crippen LogP contribution is -2.42. The van der Waals surface area contributed by atoms with E-state index in [0.717, 1.165) is 30.9 Å². The van der Waals surface area contributed by atoms with Crippen LogP contribution in [-0.2, 0) is 0 Å². The highest BCUT2D eigenvalue weighted by Crippen LogP contribution is 2.15. The lowest BCUT2D eigenvalue weighted by atomic mass is 10.1. The molecule has 0 atom stereocenters. The maximum atomic E-state index is 11.7. The average Bonchev–Trinajstić information content (AvgIpc) is 2.54. The number of ether oxygens (including phenoxy) is 1. The maximum absolute atomic E-state index is 11.7. The van der Waals surface area contributed by atoms with Gasteiger partial charge >= 0.3 is 6.03 Å². The Kier molecular flexibility index (Phi) is 7.03. The minimum atomic E-state index is -0.120. The number of carbonyl (C=O) groups excluding carboxylic acids is 1. The van der Waals surface area contributed by atoms with Gasteiger partial charge in [0.25, 0.3) is 0 Å². The van der Waals surface area contributed by atoms with Crippen LogP contribution >= 0.6 is 0 Å². The van der Waals surface area contributed by atoms with Gasteiger partial charge in [0.1, 0.15) is 12.4 Å².